The largest absolute Gasteiger partial charge is 0.507 e. The zero-order chi connectivity index (χ0) is 8.43. The van der Waals surface area contributed by atoms with Crippen molar-refractivity contribution in [2.24, 2.45) is 0 Å². The van der Waals surface area contributed by atoms with Crippen molar-refractivity contribution in [3.63, 3.8) is 0 Å². The van der Waals surface area contributed by atoms with Crippen LogP contribution in [0.5, 0.6) is 17.2 Å². The normalized spacial score (nSPS) is 9.64. The van der Waals surface area contributed by atoms with Crippen molar-refractivity contribution in [1.82, 2.24) is 0 Å². The smallest absolute Gasteiger partial charge is 0.126 e. The van der Waals surface area contributed by atoms with E-state index in [0.717, 1.165) is 0 Å². The monoisotopic (exact) mass is 154 g/mol. The molecule has 0 atom stereocenters. The minimum absolute atomic E-state index is 0.0434. The molecule has 0 heterocycles. The molecule has 0 aliphatic heterocycles. The van der Waals surface area contributed by atoms with Gasteiger partial charge < -0.3 is 14.9 Å². The standard InChI is InChI=1S/C8H10O3/c1-5-7(9)3-6(11-2)4-8(5)10/h3-4,9-10H,1-2H3. The van der Waals surface area contributed by atoms with Crippen LogP contribution in [0.3, 0.4) is 0 Å². The van der Waals surface area contributed by atoms with E-state index in [9.17, 15) is 10.2 Å². The minimum Gasteiger partial charge on any atom is -0.507 e. The van der Waals surface area contributed by atoms with Crippen LogP contribution in [0, 0.1) is 6.92 Å². The van der Waals surface area contributed by atoms with Crippen LogP contribution in [-0.4, -0.2) is 17.3 Å². The molecule has 0 fully saturated rings. The second kappa shape index (κ2) is 2.70. The zero-order valence-electron chi connectivity index (χ0n) is 6.46. The van der Waals surface area contributed by atoms with Gasteiger partial charge in [0.25, 0.3) is 0 Å². The molecule has 1 aromatic carbocycles. The second-order valence-electron chi connectivity index (χ2n) is 2.29. The van der Waals surface area contributed by atoms with E-state index in [1.165, 1.54) is 19.2 Å². The van der Waals surface area contributed by atoms with Gasteiger partial charge in [0, 0.05) is 17.7 Å². The first-order chi connectivity index (χ1) is 5.15. The van der Waals surface area contributed by atoms with Crippen molar-refractivity contribution in [1.29, 1.82) is 0 Å². The average Bonchev–Trinajstić information content (AvgIpc) is 1.99. The molecule has 1 aromatic rings. The van der Waals surface area contributed by atoms with Crippen LogP contribution in [0.25, 0.3) is 0 Å². The number of phenols is 2. The predicted octanol–water partition coefficient (Wildman–Crippen LogP) is 1.41. The molecule has 60 valence electrons. The molecular formula is C8H10O3. The van der Waals surface area contributed by atoms with E-state index in [0.29, 0.717) is 11.3 Å². The first kappa shape index (κ1) is 7.72. The van der Waals surface area contributed by atoms with E-state index in [1.807, 2.05) is 0 Å². The molecule has 0 aliphatic carbocycles. The fraction of sp³-hybridized carbons (Fsp3) is 0.250. The summed E-state index contributed by atoms with van der Waals surface area (Å²) in [5, 5.41) is 18.3. The summed E-state index contributed by atoms with van der Waals surface area (Å²) in [4.78, 5) is 0. The van der Waals surface area contributed by atoms with Gasteiger partial charge >= 0.3 is 0 Å². The fourth-order valence-electron chi connectivity index (χ4n) is 0.777. The van der Waals surface area contributed by atoms with E-state index in [4.69, 9.17) is 4.74 Å². The second-order valence-corrected chi connectivity index (χ2v) is 2.29. The van der Waals surface area contributed by atoms with E-state index in [-0.39, 0.29) is 11.5 Å². The molecule has 0 unspecified atom stereocenters. The molecule has 3 heteroatoms. The fourth-order valence-corrected chi connectivity index (χ4v) is 0.777. The van der Waals surface area contributed by atoms with Crippen molar-refractivity contribution in [3.8, 4) is 17.2 Å². The van der Waals surface area contributed by atoms with E-state index >= 15 is 0 Å². The van der Waals surface area contributed by atoms with Gasteiger partial charge in [-0.05, 0) is 6.92 Å². The van der Waals surface area contributed by atoms with Gasteiger partial charge in [-0.1, -0.05) is 0 Å². The molecule has 0 spiro atoms. The third-order valence-electron chi connectivity index (χ3n) is 1.56. The van der Waals surface area contributed by atoms with E-state index < -0.39 is 0 Å². The third-order valence-corrected chi connectivity index (χ3v) is 1.56. The maximum atomic E-state index is 9.17. The van der Waals surface area contributed by atoms with Crippen molar-refractivity contribution in [2.45, 2.75) is 6.92 Å². The Balaban J connectivity index is 3.21. The van der Waals surface area contributed by atoms with Crippen LogP contribution in [0.1, 0.15) is 5.56 Å². The Morgan fingerprint density at radius 2 is 1.64 bits per heavy atom. The van der Waals surface area contributed by atoms with Crippen LogP contribution in [0.2, 0.25) is 0 Å². The van der Waals surface area contributed by atoms with Crippen molar-refractivity contribution >= 4 is 0 Å². The number of hydrogen-bond donors (Lipinski definition) is 2. The van der Waals surface area contributed by atoms with Crippen LogP contribution in [0.4, 0.5) is 0 Å². The summed E-state index contributed by atoms with van der Waals surface area (Å²) in [6, 6.07) is 2.91. The first-order valence-corrected chi connectivity index (χ1v) is 3.21. The summed E-state index contributed by atoms with van der Waals surface area (Å²) in [5.41, 5.74) is 0.464. The van der Waals surface area contributed by atoms with Gasteiger partial charge in [0.2, 0.25) is 0 Å². The summed E-state index contributed by atoms with van der Waals surface area (Å²) >= 11 is 0. The maximum absolute atomic E-state index is 9.17. The van der Waals surface area contributed by atoms with Gasteiger partial charge in [-0.3, -0.25) is 0 Å². The summed E-state index contributed by atoms with van der Waals surface area (Å²) in [5.74, 6) is 0.536. The molecule has 0 amide bonds. The summed E-state index contributed by atoms with van der Waals surface area (Å²) in [7, 11) is 1.48. The predicted molar refractivity (Wildman–Crippen MR) is 41.1 cm³/mol. The molecule has 0 aromatic heterocycles. The van der Waals surface area contributed by atoms with Crippen LogP contribution in [0.15, 0.2) is 12.1 Å². The molecule has 0 bridgehead atoms. The zero-order valence-corrected chi connectivity index (χ0v) is 6.46. The molecule has 0 radical (unpaired) electrons. The molecule has 0 saturated carbocycles. The highest BCUT2D eigenvalue weighted by atomic mass is 16.5. The van der Waals surface area contributed by atoms with Crippen LogP contribution in [-0.2, 0) is 0 Å². The highest BCUT2D eigenvalue weighted by Gasteiger charge is 2.04. The molecule has 11 heavy (non-hydrogen) atoms. The molecule has 0 saturated heterocycles. The Kier molecular flexibility index (Phi) is 1.89. The number of aromatic hydroxyl groups is 2. The average molecular weight is 154 g/mol. The lowest BCUT2D eigenvalue weighted by Gasteiger charge is -2.04. The molecule has 1 rings (SSSR count). The van der Waals surface area contributed by atoms with Gasteiger partial charge in [0.15, 0.2) is 0 Å². The van der Waals surface area contributed by atoms with E-state index in [1.54, 1.807) is 6.92 Å². The summed E-state index contributed by atoms with van der Waals surface area (Å²) < 4.78 is 4.81. The number of methoxy groups -OCH3 is 1. The van der Waals surface area contributed by atoms with Crippen molar-refractivity contribution in [3.05, 3.63) is 17.7 Å². The highest BCUT2D eigenvalue weighted by molar-refractivity contribution is 5.48. The Morgan fingerprint density at radius 1 is 1.18 bits per heavy atom. The Hall–Kier alpha value is -1.38. The number of hydrogen-bond acceptors (Lipinski definition) is 3. The topological polar surface area (TPSA) is 49.7 Å². The molecular weight excluding hydrogens is 144 g/mol. The molecule has 0 aliphatic rings. The summed E-state index contributed by atoms with van der Waals surface area (Å²) in [6.07, 6.45) is 0. The lowest BCUT2D eigenvalue weighted by atomic mass is 10.2. The van der Waals surface area contributed by atoms with Crippen LogP contribution >= 0.6 is 0 Å². The van der Waals surface area contributed by atoms with E-state index in [2.05, 4.69) is 0 Å². The van der Waals surface area contributed by atoms with Gasteiger partial charge in [0.05, 0.1) is 7.11 Å². The third kappa shape index (κ3) is 1.37. The number of phenolic OH excluding ortho intramolecular Hbond substituents is 2. The quantitative estimate of drug-likeness (QED) is 0.643. The number of ether oxygens (including phenoxy) is 1. The first-order valence-electron chi connectivity index (χ1n) is 3.21. The highest BCUT2D eigenvalue weighted by Crippen LogP contribution is 2.30. The number of benzene rings is 1. The lowest BCUT2D eigenvalue weighted by molar-refractivity contribution is 0.395. The lowest BCUT2D eigenvalue weighted by Crippen LogP contribution is -1.83. The Labute approximate surface area is 64.9 Å². The van der Waals surface area contributed by atoms with Gasteiger partial charge in [-0.15, -0.1) is 0 Å². The van der Waals surface area contributed by atoms with Crippen molar-refractivity contribution in [2.75, 3.05) is 7.11 Å². The van der Waals surface area contributed by atoms with Gasteiger partial charge in [-0.25, -0.2) is 0 Å². The van der Waals surface area contributed by atoms with Crippen LogP contribution < -0.4 is 4.74 Å². The minimum atomic E-state index is 0.0434. The molecule has 3 nitrogen and oxygen atoms in total. The Morgan fingerprint density at radius 3 is 2.00 bits per heavy atom. The molecule has 2 N–H and O–H groups in total. The maximum Gasteiger partial charge on any atom is 0.126 e. The number of rotatable bonds is 1. The SMILES string of the molecule is COc1cc(O)c(C)c(O)c1. The van der Waals surface area contributed by atoms with Gasteiger partial charge in [-0.2, -0.15) is 0 Å². The van der Waals surface area contributed by atoms with Gasteiger partial charge in [0.1, 0.15) is 17.2 Å². The summed E-state index contributed by atoms with van der Waals surface area (Å²) in [6.45, 7) is 1.63. The Bertz CT molecular complexity index is 245. The van der Waals surface area contributed by atoms with Crippen molar-refractivity contribution < 1.29 is 14.9 Å².